The molecule has 4 rings (SSSR count). The van der Waals surface area contributed by atoms with Gasteiger partial charge in [-0.25, -0.2) is 16.8 Å². The maximum atomic E-state index is 14.4. The Hall–Kier alpha value is -3.69. The fourth-order valence-corrected chi connectivity index (χ4v) is 7.80. The zero-order valence-electron chi connectivity index (χ0n) is 28.6. The van der Waals surface area contributed by atoms with E-state index in [0.717, 1.165) is 6.42 Å². The van der Waals surface area contributed by atoms with Crippen LogP contribution in [-0.4, -0.2) is 95.8 Å². The van der Waals surface area contributed by atoms with Crippen molar-refractivity contribution in [2.75, 3.05) is 45.2 Å². The number of carbonyl (C=O) groups excluding carboxylic acids is 1. The molecular formula is C35H47N3O9S2. The number of amides is 1. The quantitative estimate of drug-likeness (QED) is 0.306. The van der Waals surface area contributed by atoms with Gasteiger partial charge in [0, 0.05) is 38.3 Å². The summed E-state index contributed by atoms with van der Waals surface area (Å²) in [4.78, 5) is 16.0. The maximum Gasteiger partial charge on any atom is 0.261 e. The van der Waals surface area contributed by atoms with E-state index in [2.05, 4.69) is 4.72 Å². The Balaban J connectivity index is 1.66. The Kier molecular flexibility index (Phi) is 13.1. The van der Waals surface area contributed by atoms with Crippen LogP contribution in [0.15, 0.2) is 82.6 Å². The Labute approximate surface area is 290 Å². The van der Waals surface area contributed by atoms with Gasteiger partial charge in [0.05, 0.1) is 47.3 Å². The number of nitrogens with zero attached hydrogens (tertiary/aromatic N) is 2. The molecule has 0 radical (unpaired) electrons. The molecule has 0 unspecified atom stereocenters. The molecular weight excluding hydrogens is 671 g/mol. The first-order chi connectivity index (χ1) is 23.3. The van der Waals surface area contributed by atoms with Gasteiger partial charge in [0.25, 0.3) is 15.9 Å². The van der Waals surface area contributed by atoms with Crippen molar-refractivity contribution in [3.05, 3.63) is 78.4 Å². The van der Waals surface area contributed by atoms with Gasteiger partial charge in [-0.3, -0.25) is 9.52 Å². The van der Waals surface area contributed by atoms with E-state index in [1.54, 1.807) is 49.4 Å². The lowest BCUT2D eigenvalue weighted by Gasteiger charge is -2.35. The third-order valence-corrected chi connectivity index (χ3v) is 11.8. The zero-order chi connectivity index (χ0) is 35.8. The van der Waals surface area contributed by atoms with Crippen LogP contribution in [0.25, 0.3) is 0 Å². The molecule has 1 amide bonds. The molecule has 0 aromatic heterocycles. The monoisotopic (exact) mass is 717 g/mol. The highest BCUT2D eigenvalue weighted by Crippen LogP contribution is 2.30. The van der Waals surface area contributed by atoms with E-state index in [4.69, 9.17) is 14.2 Å². The molecule has 1 heterocycles. The lowest BCUT2D eigenvalue weighted by molar-refractivity contribution is -0.00833. The SMILES string of the molecule is COc1ccc(S(=O)(=O)N(C)C[C@H]2OCCCC[C@H](C)Oc3ccc(NS(=O)(=O)c4ccccc4)cc3C(=O)N([C@@H](C)CO)C[C@H]2C)cc1. The van der Waals surface area contributed by atoms with Crippen molar-refractivity contribution in [1.82, 2.24) is 9.21 Å². The van der Waals surface area contributed by atoms with Gasteiger partial charge in [-0.15, -0.1) is 0 Å². The molecule has 14 heteroatoms. The van der Waals surface area contributed by atoms with Crippen LogP contribution < -0.4 is 14.2 Å². The van der Waals surface area contributed by atoms with Crippen molar-refractivity contribution in [3.63, 3.8) is 0 Å². The second-order valence-corrected chi connectivity index (χ2v) is 16.1. The van der Waals surface area contributed by atoms with Crippen molar-refractivity contribution in [3.8, 4) is 11.5 Å². The van der Waals surface area contributed by atoms with Gasteiger partial charge in [0.2, 0.25) is 10.0 Å². The number of benzene rings is 3. The number of methoxy groups -OCH3 is 1. The number of likely N-dealkylation sites (N-methyl/N-ethyl adjacent to an activating group) is 1. The summed E-state index contributed by atoms with van der Waals surface area (Å²) in [7, 11) is -4.82. The van der Waals surface area contributed by atoms with Crippen LogP contribution in [0.4, 0.5) is 5.69 Å². The number of carbonyl (C=O) groups is 1. The fraction of sp³-hybridized carbons (Fsp3) is 0.457. The molecule has 0 fully saturated rings. The van der Waals surface area contributed by atoms with E-state index < -0.39 is 38.1 Å². The molecule has 2 N–H and O–H groups in total. The number of fused-ring (bicyclic) bond motifs is 1. The first kappa shape index (κ1) is 38.1. The lowest BCUT2D eigenvalue weighted by atomic mass is 10.0. The van der Waals surface area contributed by atoms with E-state index in [1.165, 1.54) is 53.7 Å². The van der Waals surface area contributed by atoms with Crippen LogP contribution in [0.2, 0.25) is 0 Å². The number of aliphatic hydroxyl groups is 1. The Morgan fingerprint density at radius 3 is 2.35 bits per heavy atom. The summed E-state index contributed by atoms with van der Waals surface area (Å²) in [5.41, 5.74) is 0.297. The summed E-state index contributed by atoms with van der Waals surface area (Å²) in [5, 5.41) is 10.2. The van der Waals surface area contributed by atoms with Crippen molar-refractivity contribution in [1.29, 1.82) is 0 Å². The molecule has 3 aromatic rings. The van der Waals surface area contributed by atoms with E-state index in [-0.39, 0.29) is 58.5 Å². The van der Waals surface area contributed by atoms with Crippen LogP contribution in [-0.2, 0) is 24.8 Å². The average molecular weight is 718 g/mol. The highest BCUT2D eigenvalue weighted by Gasteiger charge is 2.32. The number of hydrogen-bond donors (Lipinski definition) is 2. The molecule has 0 aliphatic carbocycles. The topological polar surface area (TPSA) is 152 Å². The smallest absolute Gasteiger partial charge is 0.261 e. The minimum absolute atomic E-state index is 0.0204. The van der Waals surface area contributed by atoms with Crippen molar-refractivity contribution in [2.45, 2.75) is 68.1 Å². The molecule has 1 aliphatic rings. The van der Waals surface area contributed by atoms with Gasteiger partial charge >= 0.3 is 0 Å². The summed E-state index contributed by atoms with van der Waals surface area (Å²) < 4.78 is 74.8. The van der Waals surface area contributed by atoms with Gasteiger partial charge in [-0.05, 0) is 87.7 Å². The number of anilines is 1. The van der Waals surface area contributed by atoms with Gasteiger partial charge in [-0.2, -0.15) is 4.31 Å². The minimum atomic E-state index is -3.95. The number of rotatable bonds is 10. The third kappa shape index (κ3) is 9.73. The first-order valence-electron chi connectivity index (χ1n) is 16.3. The van der Waals surface area contributed by atoms with Gasteiger partial charge in [0.15, 0.2) is 0 Å². The Morgan fingerprint density at radius 1 is 1.00 bits per heavy atom. The zero-order valence-corrected chi connectivity index (χ0v) is 30.2. The summed E-state index contributed by atoms with van der Waals surface area (Å²) >= 11 is 0. The lowest BCUT2D eigenvalue weighted by Crippen LogP contribution is -2.48. The van der Waals surface area contributed by atoms with E-state index >= 15 is 0 Å². The summed E-state index contributed by atoms with van der Waals surface area (Å²) in [6.45, 7) is 5.63. The third-order valence-electron chi connectivity index (χ3n) is 8.56. The van der Waals surface area contributed by atoms with Crippen LogP contribution in [0.3, 0.4) is 0 Å². The summed E-state index contributed by atoms with van der Waals surface area (Å²) in [6, 6.07) is 18.0. The van der Waals surface area contributed by atoms with Crippen LogP contribution in [0.1, 0.15) is 50.4 Å². The molecule has 0 saturated carbocycles. The molecule has 49 heavy (non-hydrogen) atoms. The highest BCUT2D eigenvalue weighted by molar-refractivity contribution is 7.92. The predicted molar refractivity (Wildman–Crippen MR) is 187 cm³/mol. The number of sulfonamides is 2. The van der Waals surface area contributed by atoms with E-state index in [1.807, 2.05) is 13.8 Å². The largest absolute Gasteiger partial charge is 0.497 e. The number of hydrogen-bond acceptors (Lipinski definition) is 9. The van der Waals surface area contributed by atoms with Gasteiger partial charge < -0.3 is 24.2 Å². The molecule has 4 atom stereocenters. The highest BCUT2D eigenvalue weighted by atomic mass is 32.2. The second kappa shape index (κ2) is 16.8. The fourth-order valence-electron chi connectivity index (χ4n) is 5.54. The summed E-state index contributed by atoms with van der Waals surface area (Å²) in [5.74, 6) is -0.0312. The predicted octanol–water partition coefficient (Wildman–Crippen LogP) is 4.61. The average Bonchev–Trinajstić information content (AvgIpc) is 3.09. The van der Waals surface area contributed by atoms with Crippen molar-refractivity contribution >= 4 is 31.6 Å². The first-order valence-corrected chi connectivity index (χ1v) is 19.2. The molecule has 0 bridgehead atoms. The van der Waals surface area contributed by atoms with Crippen LogP contribution >= 0.6 is 0 Å². The van der Waals surface area contributed by atoms with Crippen LogP contribution in [0, 0.1) is 5.92 Å². The molecule has 3 aromatic carbocycles. The molecule has 1 aliphatic heterocycles. The van der Waals surface area contributed by atoms with Crippen molar-refractivity contribution < 1.29 is 40.9 Å². The Bertz CT molecular complexity index is 1750. The molecule has 0 spiro atoms. The van der Waals surface area contributed by atoms with Crippen LogP contribution in [0.5, 0.6) is 11.5 Å². The van der Waals surface area contributed by atoms with Gasteiger partial charge in [-0.1, -0.05) is 25.1 Å². The minimum Gasteiger partial charge on any atom is -0.497 e. The molecule has 0 saturated heterocycles. The number of ether oxygens (including phenoxy) is 3. The standard InChI is InChI=1S/C35H47N3O9S2/c1-25-22-38(26(2)24-39)35(40)32-21-28(36-48(41,42)30-12-7-6-8-13-30)14-19-33(32)47-27(3)11-9-10-20-46-34(25)23-37(4)49(43,44)31-17-15-29(45-5)16-18-31/h6-8,12-19,21,25-27,34,36,39H,9-11,20,22-24H2,1-5H3/t25-,26+,27+,34-/m1/s1. The van der Waals surface area contributed by atoms with E-state index in [9.17, 15) is 26.7 Å². The molecule has 12 nitrogen and oxygen atoms in total. The number of aliphatic hydroxyl groups excluding tert-OH is 1. The second-order valence-electron chi connectivity index (χ2n) is 12.4. The molecule has 268 valence electrons. The summed E-state index contributed by atoms with van der Waals surface area (Å²) in [6.07, 6.45) is 1.24. The Morgan fingerprint density at radius 2 is 1.69 bits per heavy atom. The van der Waals surface area contributed by atoms with Crippen molar-refractivity contribution in [2.24, 2.45) is 5.92 Å². The maximum absolute atomic E-state index is 14.4. The number of nitrogens with one attached hydrogen (secondary N) is 1. The van der Waals surface area contributed by atoms with E-state index in [0.29, 0.717) is 25.2 Å². The normalized spacial score (nSPS) is 20.5. The van der Waals surface area contributed by atoms with Gasteiger partial charge in [0.1, 0.15) is 11.5 Å².